The summed E-state index contributed by atoms with van der Waals surface area (Å²) in [5, 5.41) is 11.8. The van der Waals surface area contributed by atoms with Gasteiger partial charge in [-0.25, -0.2) is 23.7 Å². The molecule has 11 heteroatoms. The van der Waals surface area contributed by atoms with Crippen LogP contribution in [0.4, 0.5) is 10.2 Å². The quantitative estimate of drug-likeness (QED) is 0.336. The lowest BCUT2D eigenvalue weighted by atomic mass is 10.1. The molecular formula is C26H20ClFN8O. The molecule has 0 aliphatic heterocycles. The van der Waals surface area contributed by atoms with E-state index in [9.17, 15) is 4.39 Å². The van der Waals surface area contributed by atoms with Gasteiger partial charge in [-0.15, -0.1) is 0 Å². The molecule has 0 bridgehead atoms. The van der Waals surface area contributed by atoms with Crippen LogP contribution in [-0.4, -0.2) is 41.6 Å². The topological polar surface area (TPSA) is 110 Å². The summed E-state index contributed by atoms with van der Waals surface area (Å²) in [6.45, 7) is 1.97. The summed E-state index contributed by atoms with van der Waals surface area (Å²) in [6, 6.07) is 13.6. The van der Waals surface area contributed by atoms with Crippen LogP contribution < -0.4 is 10.5 Å². The number of pyridine rings is 1. The van der Waals surface area contributed by atoms with Crippen LogP contribution in [0.15, 0.2) is 67.3 Å². The van der Waals surface area contributed by atoms with E-state index in [-0.39, 0.29) is 17.6 Å². The van der Waals surface area contributed by atoms with Crippen molar-refractivity contribution in [2.24, 2.45) is 0 Å². The predicted octanol–water partition coefficient (Wildman–Crippen LogP) is 5.22. The second-order valence-corrected chi connectivity index (χ2v) is 8.88. The standard InChI is InChI=1S/C26H20ClFN8O/c1-14(23-18-7-6-16(27)11-20(18)36(33-23)17-4-3-9-30-12-17)35-26-22(25(29)31-13-32-26)24(34-35)15-5-8-21(37-2)19(28)10-15/h3-14H,1-2H3,(H2,29,31,32)/t14-/m1/s1. The second-order valence-electron chi connectivity index (χ2n) is 8.45. The van der Waals surface area contributed by atoms with Crippen molar-refractivity contribution in [3.63, 3.8) is 0 Å². The maximum absolute atomic E-state index is 14.6. The Morgan fingerprint density at radius 2 is 1.95 bits per heavy atom. The molecule has 0 radical (unpaired) electrons. The average molecular weight is 515 g/mol. The van der Waals surface area contributed by atoms with Crippen LogP contribution in [0, 0.1) is 5.82 Å². The molecule has 0 aliphatic carbocycles. The fourth-order valence-electron chi connectivity index (χ4n) is 4.49. The van der Waals surface area contributed by atoms with Crippen LogP contribution in [0.3, 0.4) is 0 Å². The van der Waals surface area contributed by atoms with Crippen LogP contribution in [0.5, 0.6) is 5.75 Å². The van der Waals surface area contributed by atoms with Gasteiger partial charge in [0.1, 0.15) is 17.8 Å². The highest BCUT2D eigenvalue weighted by Crippen LogP contribution is 2.36. The van der Waals surface area contributed by atoms with Crippen molar-refractivity contribution in [2.45, 2.75) is 13.0 Å². The van der Waals surface area contributed by atoms with Gasteiger partial charge in [-0.2, -0.15) is 10.2 Å². The molecule has 0 saturated heterocycles. The first-order valence-electron chi connectivity index (χ1n) is 11.4. The fraction of sp³-hybridized carbons (Fsp3) is 0.115. The molecule has 0 unspecified atom stereocenters. The second kappa shape index (κ2) is 8.82. The third-order valence-corrected chi connectivity index (χ3v) is 6.50. The number of rotatable bonds is 5. The van der Waals surface area contributed by atoms with E-state index in [1.807, 2.05) is 37.3 Å². The molecule has 0 saturated carbocycles. The van der Waals surface area contributed by atoms with Crippen LogP contribution >= 0.6 is 11.6 Å². The smallest absolute Gasteiger partial charge is 0.165 e. The molecule has 0 spiro atoms. The molecule has 0 aliphatic rings. The van der Waals surface area contributed by atoms with Crippen molar-refractivity contribution in [1.29, 1.82) is 0 Å². The van der Waals surface area contributed by atoms with E-state index < -0.39 is 5.82 Å². The lowest BCUT2D eigenvalue weighted by molar-refractivity contribution is 0.386. The Balaban J connectivity index is 1.57. The number of nitrogens with two attached hydrogens (primary N) is 1. The summed E-state index contributed by atoms with van der Waals surface area (Å²) < 4.78 is 23.2. The normalized spacial score (nSPS) is 12.3. The maximum atomic E-state index is 14.6. The number of methoxy groups -OCH3 is 1. The number of aromatic nitrogens is 7. The van der Waals surface area contributed by atoms with Gasteiger partial charge in [0.25, 0.3) is 0 Å². The van der Waals surface area contributed by atoms with Gasteiger partial charge in [-0.1, -0.05) is 11.6 Å². The first-order chi connectivity index (χ1) is 18.0. The Kier molecular flexibility index (Phi) is 5.45. The Morgan fingerprint density at radius 1 is 1.08 bits per heavy atom. The Hall–Kier alpha value is -4.57. The van der Waals surface area contributed by atoms with Crippen molar-refractivity contribution >= 4 is 39.4 Å². The fourth-order valence-corrected chi connectivity index (χ4v) is 4.66. The number of halogens is 2. The molecule has 184 valence electrons. The van der Waals surface area contributed by atoms with Gasteiger partial charge in [-0.3, -0.25) is 4.98 Å². The summed E-state index contributed by atoms with van der Waals surface area (Å²) in [5.41, 5.74) is 10.1. The molecule has 37 heavy (non-hydrogen) atoms. The number of ether oxygens (including phenoxy) is 1. The largest absolute Gasteiger partial charge is 0.494 e. The summed E-state index contributed by atoms with van der Waals surface area (Å²) in [6.07, 6.45) is 4.82. The van der Waals surface area contributed by atoms with Gasteiger partial charge >= 0.3 is 0 Å². The van der Waals surface area contributed by atoms with Gasteiger partial charge in [0.15, 0.2) is 17.2 Å². The highest BCUT2D eigenvalue weighted by molar-refractivity contribution is 6.31. The van der Waals surface area contributed by atoms with Crippen molar-refractivity contribution in [3.05, 3.63) is 83.8 Å². The first-order valence-corrected chi connectivity index (χ1v) is 11.7. The van der Waals surface area contributed by atoms with Gasteiger partial charge in [-0.05, 0) is 55.5 Å². The molecule has 4 heterocycles. The number of nitrogen functional groups attached to an aromatic ring is 1. The van der Waals surface area contributed by atoms with E-state index in [2.05, 4.69) is 15.0 Å². The van der Waals surface area contributed by atoms with E-state index in [1.165, 1.54) is 19.5 Å². The molecule has 0 amide bonds. The average Bonchev–Trinajstić information content (AvgIpc) is 3.48. The van der Waals surface area contributed by atoms with Crippen LogP contribution in [0.1, 0.15) is 18.7 Å². The number of anilines is 1. The van der Waals surface area contributed by atoms with Gasteiger partial charge in [0.05, 0.1) is 41.6 Å². The van der Waals surface area contributed by atoms with Crippen LogP contribution in [-0.2, 0) is 0 Å². The number of benzene rings is 2. The lowest BCUT2D eigenvalue weighted by Gasteiger charge is -2.11. The van der Waals surface area contributed by atoms with E-state index >= 15 is 0 Å². The van der Waals surface area contributed by atoms with E-state index in [0.717, 1.165) is 22.3 Å². The summed E-state index contributed by atoms with van der Waals surface area (Å²) >= 11 is 6.34. The van der Waals surface area contributed by atoms with Crippen molar-refractivity contribution < 1.29 is 9.13 Å². The minimum absolute atomic E-state index is 0.135. The van der Waals surface area contributed by atoms with Crippen molar-refractivity contribution in [3.8, 4) is 22.7 Å². The number of hydrogen-bond donors (Lipinski definition) is 1. The number of nitrogens with zero attached hydrogens (tertiary/aromatic N) is 7. The molecule has 2 aromatic carbocycles. The molecule has 2 N–H and O–H groups in total. The lowest BCUT2D eigenvalue weighted by Crippen LogP contribution is -2.11. The van der Waals surface area contributed by atoms with E-state index in [0.29, 0.717) is 27.3 Å². The molecule has 9 nitrogen and oxygen atoms in total. The zero-order chi connectivity index (χ0) is 25.7. The summed E-state index contributed by atoms with van der Waals surface area (Å²) in [4.78, 5) is 12.9. The highest BCUT2D eigenvalue weighted by atomic mass is 35.5. The molecule has 6 rings (SSSR count). The number of hydrogen-bond acceptors (Lipinski definition) is 7. The number of fused-ring (bicyclic) bond motifs is 2. The van der Waals surface area contributed by atoms with Crippen molar-refractivity contribution in [2.75, 3.05) is 12.8 Å². The SMILES string of the molecule is COc1ccc(-c2nn([C@H](C)c3nn(-c4cccnc4)c4cc(Cl)ccc34)c3ncnc(N)c23)cc1F. The molecule has 6 aromatic rings. The minimum Gasteiger partial charge on any atom is -0.494 e. The van der Waals surface area contributed by atoms with Crippen LogP contribution in [0.2, 0.25) is 5.02 Å². The molecule has 0 fully saturated rings. The van der Waals surface area contributed by atoms with Gasteiger partial charge in [0.2, 0.25) is 0 Å². The molecule has 1 atom stereocenters. The third kappa shape index (κ3) is 3.73. The Morgan fingerprint density at radius 3 is 2.70 bits per heavy atom. The monoisotopic (exact) mass is 514 g/mol. The van der Waals surface area contributed by atoms with Crippen LogP contribution in [0.25, 0.3) is 38.9 Å². The molecular weight excluding hydrogens is 495 g/mol. The van der Waals surface area contributed by atoms with E-state index in [4.69, 9.17) is 32.3 Å². The molecule has 4 aromatic heterocycles. The van der Waals surface area contributed by atoms with E-state index in [1.54, 1.807) is 33.9 Å². The van der Waals surface area contributed by atoms with Gasteiger partial charge < -0.3 is 10.5 Å². The zero-order valence-electron chi connectivity index (χ0n) is 19.8. The minimum atomic E-state index is -0.510. The maximum Gasteiger partial charge on any atom is 0.165 e. The first kappa shape index (κ1) is 22.9. The van der Waals surface area contributed by atoms with Crippen molar-refractivity contribution in [1.82, 2.24) is 34.5 Å². The zero-order valence-corrected chi connectivity index (χ0v) is 20.6. The Bertz CT molecular complexity index is 1780. The Labute approximate surface area is 215 Å². The summed E-state index contributed by atoms with van der Waals surface area (Å²) in [5.74, 6) is -0.132. The highest BCUT2D eigenvalue weighted by Gasteiger charge is 2.25. The van der Waals surface area contributed by atoms with Gasteiger partial charge in [0, 0.05) is 22.2 Å². The predicted molar refractivity (Wildman–Crippen MR) is 139 cm³/mol. The summed E-state index contributed by atoms with van der Waals surface area (Å²) in [7, 11) is 1.41. The third-order valence-electron chi connectivity index (χ3n) is 6.27.